The molecule has 5 nitrogen and oxygen atoms in total. The van der Waals surface area contributed by atoms with Crippen LogP contribution in [0.5, 0.6) is 0 Å². The van der Waals surface area contributed by atoms with Gasteiger partial charge >= 0.3 is 0 Å². The molecule has 104 valence electrons. The van der Waals surface area contributed by atoms with E-state index in [1.165, 1.54) is 16.5 Å². The third-order valence-electron chi connectivity index (χ3n) is 3.48. The maximum absolute atomic E-state index is 12.0. The maximum atomic E-state index is 12.0. The van der Waals surface area contributed by atoms with Gasteiger partial charge in [-0.05, 0) is 17.5 Å². The van der Waals surface area contributed by atoms with Crippen LogP contribution >= 0.6 is 11.6 Å². The molecule has 2 heterocycles. The van der Waals surface area contributed by atoms with E-state index >= 15 is 0 Å². The summed E-state index contributed by atoms with van der Waals surface area (Å²) in [6, 6.07) is 8.09. The van der Waals surface area contributed by atoms with Crippen molar-refractivity contribution in [1.82, 2.24) is 9.55 Å². The molecule has 1 aromatic carbocycles. The van der Waals surface area contributed by atoms with Crippen LogP contribution in [0.2, 0.25) is 5.15 Å². The average molecular weight is 292 g/mol. The third-order valence-corrected chi connectivity index (χ3v) is 3.78. The Hall–Kier alpha value is -1.85. The Bertz CT molecular complexity index is 699. The summed E-state index contributed by atoms with van der Waals surface area (Å²) in [4.78, 5) is 15.9. The van der Waals surface area contributed by atoms with Crippen molar-refractivity contribution >= 4 is 17.3 Å². The van der Waals surface area contributed by atoms with Crippen molar-refractivity contribution < 1.29 is 4.74 Å². The van der Waals surface area contributed by atoms with E-state index in [0.717, 1.165) is 12.0 Å². The molecule has 1 aliphatic rings. The lowest BCUT2D eigenvalue weighted by Crippen LogP contribution is -2.29. The molecule has 0 spiro atoms. The van der Waals surface area contributed by atoms with Crippen molar-refractivity contribution in [3.63, 3.8) is 0 Å². The van der Waals surface area contributed by atoms with E-state index in [1.54, 1.807) is 0 Å². The fourth-order valence-corrected chi connectivity index (χ4v) is 2.55. The lowest BCUT2D eigenvalue weighted by atomic mass is 9.97. The minimum Gasteiger partial charge on any atom is -0.392 e. The van der Waals surface area contributed by atoms with Crippen LogP contribution in [-0.4, -0.2) is 16.2 Å². The van der Waals surface area contributed by atoms with Crippen molar-refractivity contribution in [3.05, 3.63) is 57.2 Å². The minimum absolute atomic E-state index is 0.0294. The number of ether oxygens (including phenoxy) is 1. The number of nitrogens with zero attached hydrogens (tertiary/aromatic N) is 2. The zero-order valence-corrected chi connectivity index (χ0v) is 11.5. The summed E-state index contributed by atoms with van der Waals surface area (Å²) in [6.07, 6.45) is 2.13. The highest BCUT2D eigenvalue weighted by Crippen LogP contribution is 2.27. The summed E-state index contributed by atoms with van der Waals surface area (Å²) in [5, 5.41) is 0.0382. The van der Waals surface area contributed by atoms with Gasteiger partial charge in [-0.2, -0.15) is 0 Å². The van der Waals surface area contributed by atoms with Crippen LogP contribution < -0.4 is 11.3 Å². The van der Waals surface area contributed by atoms with E-state index in [2.05, 4.69) is 11.1 Å². The Morgan fingerprint density at radius 3 is 3.10 bits per heavy atom. The van der Waals surface area contributed by atoms with E-state index in [0.29, 0.717) is 13.2 Å². The number of rotatable bonds is 2. The van der Waals surface area contributed by atoms with Crippen LogP contribution in [0.1, 0.15) is 17.2 Å². The molecule has 0 radical (unpaired) electrons. The number of halogens is 1. The molecule has 3 rings (SSSR count). The number of nitrogens with two attached hydrogens (primary N) is 1. The van der Waals surface area contributed by atoms with E-state index in [1.807, 2.05) is 18.2 Å². The molecule has 1 atom stereocenters. The van der Waals surface area contributed by atoms with Gasteiger partial charge in [0.15, 0.2) is 5.15 Å². The second kappa shape index (κ2) is 5.26. The molecule has 0 bridgehead atoms. The number of nitrogen functional groups attached to an aromatic ring is 1. The van der Waals surface area contributed by atoms with Gasteiger partial charge < -0.3 is 10.5 Å². The molecule has 0 aliphatic carbocycles. The summed E-state index contributed by atoms with van der Waals surface area (Å²) in [6.45, 7) is 1.02. The first-order chi connectivity index (χ1) is 9.66. The second-order valence-electron chi connectivity index (χ2n) is 4.71. The number of hydrogen-bond acceptors (Lipinski definition) is 4. The molecule has 6 heteroatoms. The molecule has 0 saturated carbocycles. The predicted molar refractivity (Wildman–Crippen MR) is 76.8 cm³/mol. The largest absolute Gasteiger partial charge is 0.392 e. The lowest BCUT2D eigenvalue weighted by Gasteiger charge is -2.26. The Morgan fingerprint density at radius 1 is 1.45 bits per heavy atom. The molecule has 0 amide bonds. The zero-order chi connectivity index (χ0) is 14.1. The summed E-state index contributed by atoms with van der Waals surface area (Å²) >= 11 is 5.73. The molecule has 1 aromatic heterocycles. The highest BCUT2D eigenvalue weighted by molar-refractivity contribution is 6.31. The van der Waals surface area contributed by atoms with Gasteiger partial charge in [0.1, 0.15) is 11.8 Å². The van der Waals surface area contributed by atoms with Gasteiger partial charge in [-0.1, -0.05) is 35.9 Å². The summed E-state index contributed by atoms with van der Waals surface area (Å²) < 4.78 is 7.21. The van der Waals surface area contributed by atoms with Crippen molar-refractivity contribution in [2.75, 3.05) is 12.3 Å². The standard InChI is InChI=1S/C14H14ClN3O2/c15-13-12(16)14(19)18(8-17-13)7-11-10-4-2-1-3-9(10)5-6-20-11/h1-4,8,11H,5-7,16H2. The van der Waals surface area contributed by atoms with Crippen LogP contribution in [0.25, 0.3) is 0 Å². The topological polar surface area (TPSA) is 70.1 Å². The minimum atomic E-state index is -0.336. The molecule has 2 N–H and O–H groups in total. The zero-order valence-electron chi connectivity index (χ0n) is 10.8. The smallest absolute Gasteiger partial charge is 0.278 e. The molecule has 20 heavy (non-hydrogen) atoms. The van der Waals surface area contributed by atoms with Crippen LogP contribution in [0.3, 0.4) is 0 Å². The Labute approximate surface area is 121 Å². The van der Waals surface area contributed by atoms with E-state index in [4.69, 9.17) is 22.1 Å². The Balaban J connectivity index is 1.94. The fraction of sp³-hybridized carbons (Fsp3) is 0.286. The molecular weight excluding hydrogens is 278 g/mol. The average Bonchev–Trinajstić information content (AvgIpc) is 2.48. The third kappa shape index (κ3) is 2.30. The van der Waals surface area contributed by atoms with E-state index < -0.39 is 0 Å². The number of aromatic nitrogens is 2. The Kier molecular flexibility index (Phi) is 3.46. The highest BCUT2D eigenvalue weighted by Gasteiger charge is 2.21. The second-order valence-corrected chi connectivity index (χ2v) is 5.07. The highest BCUT2D eigenvalue weighted by atomic mass is 35.5. The van der Waals surface area contributed by atoms with Crippen LogP contribution in [0.15, 0.2) is 35.4 Å². The van der Waals surface area contributed by atoms with Crippen molar-refractivity contribution in [2.45, 2.75) is 19.1 Å². The lowest BCUT2D eigenvalue weighted by molar-refractivity contribution is 0.0298. The first-order valence-corrected chi connectivity index (χ1v) is 6.74. The molecule has 2 aromatic rings. The van der Waals surface area contributed by atoms with Gasteiger partial charge in [-0.25, -0.2) is 4.98 Å². The summed E-state index contributed by atoms with van der Waals surface area (Å²) in [7, 11) is 0. The van der Waals surface area contributed by atoms with E-state index in [9.17, 15) is 4.79 Å². The summed E-state index contributed by atoms with van der Waals surface area (Å²) in [5.41, 5.74) is 7.61. The van der Waals surface area contributed by atoms with Crippen LogP contribution in [0.4, 0.5) is 5.69 Å². The number of anilines is 1. The molecular formula is C14H14ClN3O2. The first-order valence-electron chi connectivity index (χ1n) is 6.36. The van der Waals surface area contributed by atoms with E-state index in [-0.39, 0.29) is 22.5 Å². The van der Waals surface area contributed by atoms with Gasteiger partial charge in [0.05, 0.1) is 19.5 Å². The van der Waals surface area contributed by atoms with Gasteiger partial charge in [-0.3, -0.25) is 9.36 Å². The van der Waals surface area contributed by atoms with Crippen molar-refractivity contribution in [2.24, 2.45) is 0 Å². The molecule has 1 aliphatic heterocycles. The molecule has 1 unspecified atom stereocenters. The van der Waals surface area contributed by atoms with Gasteiger partial charge in [-0.15, -0.1) is 0 Å². The van der Waals surface area contributed by atoms with Crippen LogP contribution in [0, 0.1) is 0 Å². The van der Waals surface area contributed by atoms with Crippen molar-refractivity contribution in [1.29, 1.82) is 0 Å². The quantitative estimate of drug-likeness (QED) is 0.857. The van der Waals surface area contributed by atoms with Crippen molar-refractivity contribution in [3.8, 4) is 0 Å². The van der Waals surface area contributed by atoms with Gasteiger partial charge in [0.2, 0.25) is 0 Å². The number of fused-ring (bicyclic) bond motifs is 1. The monoisotopic (exact) mass is 291 g/mol. The number of hydrogen-bond donors (Lipinski definition) is 1. The molecule has 0 fully saturated rings. The van der Waals surface area contributed by atoms with Gasteiger partial charge in [0.25, 0.3) is 5.56 Å². The first kappa shape index (κ1) is 13.1. The van der Waals surface area contributed by atoms with Gasteiger partial charge in [0, 0.05) is 0 Å². The van der Waals surface area contributed by atoms with Crippen LogP contribution in [-0.2, 0) is 17.7 Å². The summed E-state index contributed by atoms with van der Waals surface area (Å²) in [5.74, 6) is 0. The fourth-order valence-electron chi connectivity index (χ4n) is 2.42. The normalized spacial score (nSPS) is 17.8. The number of benzene rings is 1. The SMILES string of the molecule is Nc1c(Cl)ncn(CC2OCCc3ccccc32)c1=O. The molecule has 0 saturated heterocycles. The predicted octanol–water partition coefficient (Wildman–Crippen LogP) is 1.79. The maximum Gasteiger partial charge on any atom is 0.278 e. The Morgan fingerprint density at radius 2 is 2.25 bits per heavy atom.